The molecule has 90 valence electrons. The van der Waals surface area contributed by atoms with Crippen LogP contribution >= 0.6 is 11.8 Å². The maximum atomic E-state index is 13.0. The van der Waals surface area contributed by atoms with Crippen molar-refractivity contribution in [2.75, 3.05) is 12.8 Å². The summed E-state index contributed by atoms with van der Waals surface area (Å²) in [4.78, 5) is 1.00. The first-order valence-electron chi connectivity index (χ1n) is 5.73. The molecule has 2 unspecified atom stereocenters. The van der Waals surface area contributed by atoms with E-state index in [2.05, 4.69) is 19.2 Å². The van der Waals surface area contributed by atoms with Gasteiger partial charge in [0.15, 0.2) is 0 Å². The Bertz CT molecular complexity index is 317. The summed E-state index contributed by atoms with van der Waals surface area (Å²) in [6, 6.07) is 7.27. The molecule has 0 bridgehead atoms. The second-order valence-electron chi connectivity index (χ2n) is 4.05. The SMILES string of the molecule is CCC(C)C(CSc1cccc(F)c1)NC. The third kappa shape index (κ3) is 4.14. The molecule has 0 aliphatic carbocycles. The van der Waals surface area contributed by atoms with Gasteiger partial charge < -0.3 is 5.32 Å². The third-order valence-electron chi connectivity index (χ3n) is 2.93. The van der Waals surface area contributed by atoms with Crippen molar-refractivity contribution in [3.8, 4) is 0 Å². The zero-order chi connectivity index (χ0) is 12.0. The molecule has 0 spiro atoms. The maximum Gasteiger partial charge on any atom is 0.124 e. The molecule has 1 rings (SSSR count). The lowest BCUT2D eigenvalue weighted by Gasteiger charge is -2.21. The highest BCUT2D eigenvalue weighted by Crippen LogP contribution is 2.22. The summed E-state index contributed by atoms with van der Waals surface area (Å²) in [5.74, 6) is 1.47. The predicted octanol–water partition coefficient (Wildman–Crippen LogP) is 3.55. The van der Waals surface area contributed by atoms with E-state index in [1.54, 1.807) is 23.9 Å². The molecular weight excluding hydrogens is 221 g/mol. The lowest BCUT2D eigenvalue weighted by atomic mass is 10.0. The second-order valence-corrected chi connectivity index (χ2v) is 5.14. The molecule has 0 aliphatic rings. The fourth-order valence-electron chi connectivity index (χ4n) is 1.56. The van der Waals surface area contributed by atoms with Gasteiger partial charge in [-0.05, 0) is 31.2 Å². The summed E-state index contributed by atoms with van der Waals surface area (Å²) >= 11 is 1.71. The number of nitrogens with one attached hydrogen (secondary N) is 1. The predicted molar refractivity (Wildman–Crippen MR) is 69.4 cm³/mol. The largest absolute Gasteiger partial charge is 0.316 e. The molecule has 0 aliphatic heterocycles. The summed E-state index contributed by atoms with van der Waals surface area (Å²) in [5, 5.41) is 3.32. The van der Waals surface area contributed by atoms with Crippen LogP contribution in [0.5, 0.6) is 0 Å². The lowest BCUT2D eigenvalue weighted by Crippen LogP contribution is -2.34. The van der Waals surface area contributed by atoms with Gasteiger partial charge >= 0.3 is 0 Å². The zero-order valence-corrected chi connectivity index (χ0v) is 11.0. The minimum absolute atomic E-state index is 0.158. The van der Waals surface area contributed by atoms with Crippen LogP contribution in [0.4, 0.5) is 4.39 Å². The van der Waals surface area contributed by atoms with Crippen LogP contribution in [-0.2, 0) is 0 Å². The molecule has 0 saturated heterocycles. The molecule has 3 heteroatoms. The van der Waals surface area contributed by atoms with E-state index in [0.29, 0.717) is 12.0 Å². The lowest BCUT2D eigenvalue weighted by molar-refractivity contribution is 0.420. The van der Waals surface area contributed by atoms with E-state index in [4.69, 9.17) is 0 Å². The normalized spacial score (nSPS) is 14.8. The van der Waals surface area contributed by atoms with Gasteiger partial charge in [0.2, 0.25) is 0 Å². The van der Waals surface area contributed by atoms with Crippen LogP contribution < -0.4 is 5.32 Å². The molecule has 1 aromatic rings. The molecule has 16 heavy (non-hydrogen) atoms. The van der Waals surface area contributed by atoms with Gasteiger partial charge in [0.05, 0.1) is 0 Å². The highest BCUT2D eigenvalue weighted by Gasteiger charge is 2.13. The van der Waals surface area contributed by atoms with E-state index >= 15 is 0 Å². The van der Waals surface area contributed by atoms with E-state index in [-0.39, 0.29) is 5.82 Å². The van der Waals surface area contributed by atoms with Crippen LogP contribution in [0.25, 0.3) is 0 Å². The van der Waals surface area contributed by atoms with Crippen molar-refractivity contribution in [3.63, 3.8) is 0 Å². The first kappa shape index (κ1) is 13.5. The average Bonchev–Trinajstić information content (AvgIpc) is 2.29. The quantitative estimate of drug-likeness (QED) is 0.764. The Morgan fingerprint density at radius 2 is 2.19 bits per heavy atom. The molecule has 0 fully saturated rings. The van der Waals surface area contributed by atoms with E-state index in [0.717, 1.165) is 17.1 Å². The highest BCUT2D eigenvalue weighted by molar-refractivity contribution is 7.99. The molecule has 0 aromatic heterocycles. The molecule has 1 nitrogen and oxygen atoms in total. The van der Waals surface area contributed by atoms with Crippen LogP contribution in [0.15, 0.2) is 29.2 Å². The van der Waals surface area contributed by atoms with Gasteiger partial charge in [-0.2, -0.15) is 0 Å². The van der Waals surface area contributed by atoms with Crippen molar-refractivity contribution < 1.29 is 4.39 Å². The average molecular weight is 241 g/mol. The molecule has 2 atom stereocenters. The summed E-state index contributed by atoms with van der Waals surface area (Å²) in [5.41, 5.74) is 0. The van der Waals surface area contributed by atoms with E-state index in [1.807, 2.05) is 13.1 Å². The second kappa shape index (κ2) is 6.92. The number of halogens is 1. The molecule has 0 saturated carbocycles. The fraction of sp³-hybridized carbons (Fsp3) is 0.538. The van der Waals surface area contributed by atoms with Gasteiger partial charge in [-0.15, -0.1) is 11.8 Å². The molecule has 1 aromatic carbocycles. The van der Waals surface area contributed by atoms with Crippen molar-refractivity contribution >= 4 is 11.8 Å². The molecule has 0 heterocycles. The minimum atomic E-state index is -0.158. The minimum Gasteiger partial charge on any atom is -0.316 e. The van der Waals surface area contributed by atoms with Gasteiger partial charge in [0.1, 0.15) is 5.82 Å². The number of hydrogen-bond donors (Lipinski definition) is 1. The topological polar surface area (TPSA) is 12.0 Å². The zero-order valence-electron chi connectivity index (χ0n) is 10.2. The number of rotatable bonds is 6. The highest BCUT2D eigenvalue weighted by atomic mass is 32.2. The van der Waals surface area contributed by atoms with E-state index < -0.39 is 0 Å². The Hall–Kier alpha value is -0.540. The first-order valence-corrected chi connectivity index (χ1v) is 6.71. The van der Waals surface area contributed by atoms with Crippen molar-refractivity contribution in [3.05, 3.63) is 30.1 Å². The molecule has 0 radical (unpaired) electrons. The Labute approximate surface area is 102 Å². The van der Waals surface area contributed by atoms with Gasteiger partial charge in [-0.1, -0.05) is 26.3 Å². The number of thioether (sulfide) groups is 1. The summed E-state index contributed by atoms with van der Waals surface area (Å²) in [6.07, 6.45) is 1.16. The summed E-state index contributed by atoms with van der Waals surface area (Å²) in [7, 11) is 1.99. The van der Waals surface area contributed by atoms with E-state index in [9.17, 15) is 4.39 Å². The standard InChI is InChI=1S/C13H20FNS/c1-4-10(2)13(15-3)9-16-12-7-5-6-11(14)8-12/h5-8,10,13,15H,4,9H2,1-3H3. The van der Waals surface area contributed by atoms with Crippen molar-refractivity contribution in [1.82, 2.24) is 5.32 Å². The van der Waals surface area contributed by atoms with Crippen molar-refractivity contribution in [1.29, 1.82) is 0 Å². The van der Waals surface area contributed by atoms with Gasteiger partial charge in [-0.3, -0.25) is 0 Å². The first-order chi connectivity index (χ1) is 7.67. The number of benzene rings is 1. The molecule has 0 amide bonds. The van der Waals surface area contributed by atoms with Crippen LogP contribution in [0, 0.1) is 11.7 Å². The van der Waals surface area contributed by atoms with E-state index in [1.165, 1.54) is 6.07 Å². The van der Waals surface area contributed by atoms with Crippen molar-refractivity contribution in [2.24, 2.45) is 5.92 Å². The summed E-state index contributed by atoms with van der Waals surface area (Å²) in [6.45, 7) is 4.44. The van der Waals surface area contributed by atoms with Gasteiger partial charge in [0, 0.05) is 16.7 Å². The molecular formula is C13H20FNS. The van der Waals surface area contributed by atoms with Crippen LogP contribution in [0.1, 0.15) is 20.3 Å². The van der Waals surface area contributed by atoms with Crippen LogP contribution in [0.2, 0.25) is 0 Å². The Morgan fingerprint density at radius 1 is 1.44 bits per heavy atom. The summed E-state index contributed by atoms with van der Waals surface area (Å²) < 4.78 is 13.0. The Balaban J connectivity index is 2.49. The van der Waals surface area contributed by atoms with Crippen LogP contribution in [0.3, 0.4) is 0 Å². The maximum absolute atomic E-state index is 13.0. The third-order valence-corrected chi connectivity index (χ3v) is 4.04. The van der Waals surface area contributed by atoms with Crippen molar-refractivity contribution in [2.45, 2.75) is 31.2 Å². The monoisotopic (exact) mass is 241 g/mol. The number of hydrogen-bond acceptors (Lipinski definition) is 2. The molecule has 1 N–H and O–H groups in total. The van der Waals surface area contributed by atoms with Crippen LogP contribution in [-0.4, -0.2) is 18.8 Å². The van der Waals surface area contributed by atoms with Gasteiger partial charge in [-0.25, -0.2) is 4.39 Å². The van der Waals surface area contributed by atoms with Gasteiger partial charge in [0.25, 0.3) is 0 Å². The smallest absolute Gasteiger partial charge is 0.124 e. The Kier molecular flexibility index (Phi) is 5.85. The fourth-order valence-corrected chi connectivity index (χ4v) is 2.80. The Morgan fingerprint density at radius 3 is 2.75 bits per heavy atom.